The second-order valence-corrected chi connectivity index (χ2v) is 6.91. The normalized spacial score (nSPS) is 18.7. The molecule has 0 aromatic carbocycles. The molecule has 2 aromatic rings. The molecule has 0 fully saturated rings. The van der Waals surface area contributed by atoms with Crippen LogP contribution in [-0.4, -0.2) is 11.5 Å². The topological polar surface area (TPSA) is 42.2 Å². The van der Waals surface area contributed by atoms with Crippen LogP contribution in [0.2, 0.25) is 0 Å². The highest BCUT2D eigenvalue weighted by molar-refractivity contribution is 7.15. The number of hydrogen-bond acceptors (Lipinski definition) is 5. The summed E-state index contributed by atoms with van der Waals surface area (Å²) in [7, 11) is 0. The lowest BCUT2D eigenvalue weighted by Crippen LogP contribution is -2.32. The van der Waals surface area contributed by atoms with Gasteiger partial charge in [0.15, 0.2) is 5.13 Å². The molecule has 2 aromatic heterocycles. The van der Waals surface area contributed by atoms with Crippen molar-refractivity contribution in [2.75, 3.05) is 11.4 Å². The van der Waals surface area contributed by atoms with Crippen molar-refractivity contribution < 1.29 is 0 Å². The summed E-state index contributed by atoms with van der Waals surface area (Å²) in [5.74, 6) is 0. The van der Waals surface area contributed by atoms with Crippen molar-refractivity contribution in [3.05, 3.63) is 32.5 Å². The Morgan fingerprint density at radius 3 is 3.05 bits per heavy atom. The first kappa shape index (κ1) is 13.1. The van der Waals surface area contributed by atoms with Crippen LogP contribution in [0.5, 0.6) is 0 Å². The van der Waals surface area contributed by atoms with Crippen LogP contribution in [0.15, 0.2) is 11.4 Å². The van der Waals surface area contributed by atoms with E-state index < -0.39 is 0 Å². The van der Waals surface area contributed by atoms with Crippen LogP contribution >= 0.6 is 22.7 Å². The molecule has 0 saturated carbocycles. The third-order valence-corrected chi connectivity index (χ3v) is 5.96. The van der Waals surface area contributed by atoms with Gasteiger partial charge in [-0.3, -0.25) is 0 Å². The lowest BCUT2D eigenvalue weighted by Gasteiger charge is -2.33. The smallest absolute Gasteiger partial charge is 0.186 e. The van der Waals surface area contributed by atoms with Gasteiger partial charge in [0, 0.05) is 22.8 Å². The SMILES string of the molecule is CCc1nc(N2CCc3sccc3C2C)sc1CN. The van der Waals surface area contributed by atoms with Gasteiger partial charge in [-0.05, 0) is 36.8 Å². The van der Waals surface area contributed by atoms with Crippen LogP contribution in [0.25, 0.3) is 0 Å². The highest BCUT2D eigenvalue weighted by Crippen LogP contribution is 2.38. The number of aromatic nitrogens is 1. The Hall–Kier alpha value is -0.910. The van der Waals surface area contributed by atoms with Gasteiger partial charge in [0.05, 0.1) is 11.7 Å². The zero-order valence-corrected chi connectivity index (χ0v) is 13.0. The van der Waals surface area contributed by atoms with Gasteiger partial charge in [0.1, 0.15) is 0 Å². The number of rotatable bonds is 3. The number of aryl methyl sites for hydroxylation is 1. The van der Waals surface area contributed by atoms with E-state index in [-0.39, 0.29) is 0 Å². The predicted molar refractivity (Wildman–Crippen MR) is 83.2 cm³/mol. The number of hydrogen-bond donors (Lipinski definition) is 1. The predicted octanol–water partition coefficient (Wildman–Crippen LogP) is 3.35. The van der Waals surface area contributed by atoms with Gasteiger partial charge in [-0.25, -0.2) is 4.98 Å². The number of anilines is 1. The maximum absolute atomic E-state index is 5.82. The van der Waals surface area contributed by atoms with Gasteiger partial charge >= 0.3 is 0 Å². The lowest BCUT2D eigenvalue weighted by molar-refractivity contribution is 0.630. The summed E-state index contributed by atoms with van der Waals surface area (Å²) in [6.45, 7) is 6.09. The molecule has 1 atom stereocenters. The number of thiazole rings is 1. The van der Waals surface area contributed by atoms with E-state index in [9.17, 15) is 0 Å². The molecule has 1 aliphatic rings. The van der Waals surface area contributed by atoms with Gasteiger partial charge in [0.2, 0.25) is 0 Å². The van der Waals surface area contributed by atoms with E-state index in [1.54, 1.807) is 11.3 Å². The maximum atomic E-state index is 5.82. The Morgan fingerprint density at radius 1 is 1.53 bits per heavy atom. The fourth-order valence-corrected chi connectivity index (χ4v) is 4.80. The minimum Gasteiger partial charge on any atom is -0.341 e. The minimum atomic E-state index is 0.427. The second kappa shape index (κ2) is 5.23. The average Bonchev–Trinajstić information content (AvgIpc) is 3.04. The summed E-state index contributed by atoms with van der Waals surface area (Å²) >= 11 is 3.64. The molecule has 2 N–H and O–H groups in total. The molecule has 19 heavy (non-hydrogen) atoms. The highest BCUT2D eigenvalue weighted by atomic mass is 32.1. The van der Waals surface area contributed by atoms with E-state index in [0.717, 1.165) is 24.5 Å². The Kier molecular flexibility index (Phi) is 3.60. The van der Waals surface area contributed by atoms with Crippen molar-refractivity contribution in [2.45, 2.75) is 39.3 Å². The van der Waals surface area contributed by atoms with Crippen LogP contribution in [0.4, 0.5) is 5.13 Å². The Balaban J connectivity index is 1.93. The number of nitrogens with zero attached hydrogens (tertiary/aromatic N) is 2. The second-order valence-electron chi connectivity index (χ2n) is 4.84. The van der Waals surface area contributed by atoms with Gasteiger partial charge in [-0.15, -0.1) is 22.7 Å². The van der Waals surface area contributed by atoms with Crippen LogP contribution in [-0.2, 0) is 19.4 Å². The summed E-state index contributed by atoms with van der Waals surface area (Å²) in [6.07, 6.45) is 2.10. The quantitative estimate of drug-likeness (QED) is 0.943. The first-order valence-electron chi connectivity index (χ1n) is 6.76. The lowest BCUT2D eigenvalue weighted by atomic mass is 10.0. The Labute approximate surface area is 122 Å². The fourth-order valence-electron chi connectivity index (χ4n) is 2.70. The summed E-state index contributed by atoms with van der Waals surface area (Å²) < 4.78 is 0. The van der Waals surface area contributed by atoms with E-state index in [4.69, 9.17) is 10.7 Å². The number of fused-ring (bicyclic) bond motifs is 1. The van der Waals surface area contributed by atoms with Crippen LogP contribution in [0.1, 0.15) is 40.9 Å². The zero-order chi connectivity index (χ0) is 13.4. The van der Waals surface area contributed by atoms with Gasteiger partial charge < -0.3 is 10.6 Å². The summed E-state index contributed by atoms with van der Waals surface area (Å²) in [5.41, 5.74) is 8.46. The fraction of sp³-hybridized carbons (Fsp3) is 0.500. The molecule has 5 heteroatoms. The molecule has 3 heterocycles. The van der Waals surface area contributed by atoms with Crippen molar-refractivity contribution in [2.24, 2.45) is 5.73 Å². The minimum absolute atomic E-state index is 0.427. The van der Waals surface area contributed by atoms with Crippen molar-refractivity contribution in [1.29, 1.82) is 0 Å². The first-order chi connectivity index (χ1) is 9.24. The highest BCUT2D eigenvalue weighted by Gasteiger charge is 2.27. The number of nitrogens with two attached hydrogens (primary N) is 1. The molecule has 0 saturated heterocycles. The maximum Gasteiger partial charge on any atom is 0.186 e. The first-order valence-corrected chi connectivity index (χ1v) is 8.45. The molecule has 0 bridgehead atoms. The molecular weight excluding hydrogens is 274 g/mol. The molecular formula is C14H19N3S2. The van der Waals surface area contributed by atoms with Crippen molar-refractivity contribution in [3.63, 3.8) is 0 Å². The Morgan fingerprint density at radius 2 is 2.37 bits per heavy atom. The zero-order valence-electron chi connectivity index (χ0n) is 11.3. The van der Waals surface area contributed by atoms with Crippen molar-refractivity contribution >= 4 is 27.8 Å². The van der Waals surface area contributed by atoms with E-state index in [1.165, 1.54) is 21.0 Å². The summed E-state index contributed by atoms with van der Waals surface area (Å²) in [4.78, 5) is 10.0. The average molecular weight is 293 g/mol. The van der Waals surface area contributed by atoms with Crippen molar-refractivity contribution in [1.82, 2.24) is 4.98 Å². The molecule has 1 unspecified atom stereocenters. The molecule has 0 amide bonds. The third-order valence-electron chi connectivity index (χ3n) is 3.81. The van der Waals surface area contributed by atoms with Gasteiger partial charge in [0.25, 0.3) is 0 Å². The summed E-state index contributed by atoms with van der Waals surface area (Å²) in [6, 6.07) is 2.69. The largest absolute Gasteiger partial charge is 0.341 e. The van der Waals surface area contributed by atoms with Crippen LogP contribution in [0.3, 0.4) is 0 Å². The van der Waals surface area contributed by atoms with E-state index in [2.05, 4.69) is 30.2 Å². The summed E-state index contributed by atoms with van der Waals surface area (Å²) in [5, 5.41) is 3.34. The van der Waals surface area contributed by atoms with Crippen molar-refractivity contribution in [3.8, 4) is 0 Å². The molecule has 102 valence electrons. The Bertz CT molecular complexity index is 552. The molecule has 0 aliphatic carbocycles. The third kappa shape index (κ3) is 2.20. The van der Waals surface area contributed by atoms with E-state index >= 15 is 0 Å². The monoisotopic (exact) mass is 293 g/mol. The standard InChI is InChI=1S/C14H19N3S2/c1-3-11-13(8-15)19-14(16-11)17-6-4-12-10(9(17)2)5-7-18-12/h5,7,9H,3-4,6,8,15H2,1-2H3. The van der Waals surface area contributed by atoms with Gasteiger partial charge in [-0.1, -0.05) is 6.92 Å². The molecule has 3 rings (SSSR count). The molecule has 0 radical (unpaired) electrons. The van der Waals surface area contributed by atoms with E-state index in [0.29, 0.717) is 12.6 Å². The number of thiophene rings is 1. The van der Waals surface area contributed by atoms with Crippen LogP contribution in [0, 0.1) is 0 Å². The van der Waals surface area contributed by atoms with Gasteiger partial charge in [-0.2, -0.15) is 0 Å². The van der Waals surface area contributed by atoms with Crippen LogP contribution < -0.4 is 10.6 Å². The van der Waals surface area contributed by atoms with E-state index in [1.807, 2.05) is 11.3 Å². The molecule has 0 spiro atoms. The molecule has 1 aliphatic heterocycles. The molecule has 3 nitrogen and oxygen atoms in total.